The number of aromatic nitrogens is 4. The van der Waals surface area contributed by atoms with Crippen molar-refractivity contribution in [3.8, 4) is 0 Å². The largest absolute Gasteiger partial charge is 0.394 e. The highest BCUT2D eigenvalue weighted by Gasteiger charge is 2.43. The monoisotopic (exact) mass is 376 g/mol. The summed E-state index contributed by atoms with van der Waals surface area (Å²) >= 11 is 2.09. The van der Waals surface area contributed by atoms with Crippen molar-refractivity contribution in [1.82, 2.24) is 19.5 Å². The van der Waals surface area contributed by atoms with Gasteiger partial charge < -0.3 is 14.9 Å². The minimum Gasteiger partial charge on any atom is -0.394 e. The number of imidazole rings is 1. The average Bonchev–Trinajstić information content (AvgIpc) is 2.92. The van der Waals surface area contributed by atoms with Crippen LogP contribution in [0.25, 0.3) is 11.2 Å². The molecule has 2 aromatic heterocycles. The van der Waals surface area contributed by atoms with E-state index in [2.05, 4.69) is 37.5 Å². The van der Waals surface area contributed by atoms with Gasteiger partial charge in [-0.1, -0.05) is 22.6 Å². The lowest BCUT2D eigenvalue weighted by Crippen LogP contribution is -2.27. The Balaban J connectivity index is 2.03. The predicted molar refractivity (Wildman–Crippen MR) is 74.9 cm³/mol. The number of aliphatic hydroxyl groups is 2. The summed E-state index contributed by atoms with van der Waals surface area (Å²) in [5.74, 6) is 0.631. The molecule has 2 N–H and O–H groups in total. The summed E-state index contributed by atoms with van der Waals surface area (Å²) in [4.78, 5) is 12.6. The summed E-state index contributed by atoms with van der Waals surface area (Å²) in [5, 5.41) is 19.5. The van der Waals surface area contributed by atoms with E-state index in [-0.39, 0.29) is 16.6 Å². The van der Waals surface area contributed by atoms with E-state index in [1.165, 1.54) is 0 Å². The SMILES string of the molecule is Cc1ncc2ncn([C@@H]3O[C@H](CO)[C@H](I)C3O)c2n1. The van der Waals surface area contributed by atoms with E-state index in [0.717, 1.165) is 0 Å². The van der Waals surface area contributed by atoms with Crippen LogP contribution >= 0.6 is 22.6 Å². The van der Waals surface area contributed by atoms with Gasteiger partial charge in [0.25, 0.3) is 0 Å². The van der Waals surface area contributed by atoms with E-state index in [4.69, 9.17) is 4.74 Å². The Morgan fingerprint density at radius 3 is 2.95 bits per heavy atom. The Labute approximate surface area is 122 Å². The van der Waals surface area contributed by atoms with Crippen LogP contribution in [0.4, 0.5) is 0 Å². The van der Waals surface area contributed by atoms with Crippen LogP contribution in [0.2, 0.25) is 0 Å². The van der Waals surface area contributed by atoms with Crippen molar-refractivity contribution in [3.63, 3.8) is 0 Å². The smallest absolute Gasteiger partial charge is 0.165 e. The first kappa shape index (κ1) is 13.2. The fourth-order valence-corrected chi connectivity index (χ4v) is 2.94. The van der Waals surface area contributed by atoms with Crippen molar-refractivity contribution in [1.29, 1.82) is 0 Å². The maximum Gasteiger partial charge on any atom is 0.165 e. The van der Waals surface area contributed by atoms with Gasteiger partial charge in [-0.2, -0.15) is 0 Å². The van der Waals surface area contributed by atoms with E-state index in [1.807, 2.05) is 0 Å². The molecule has 19 heavy (non-hydrogen) atoms. The number of ether oxygens (including phenoxy) is 1. The molecule has 1 fully saturated rings. The van der Waals surface area contributed by atoms with E-state index in [0.29, 0.717) is 17.0 Å². The molecule has 3 rings (SSSR count). The minimum absolute atomic E-state index is 0.123. The Hall–Kier alpha value is -0.840. The summed E-state index contributed by atoms with van der Waals surface area (Å²) in [5.41, 5.74) is 1.28. The molecule has 1 aliphatic heterocycles. The lowest BCUT2D eigenvalue weighted by atomic mass is 10.2. The zero-order chi connectivity index (χ0) is 13.6. The molecule has 8 heteroatoms. The van der Waals surface area contributed by atoms with Crippen LogP contribution in [0, 0.1) is 6.92 Å². The number of hydrogen-bond acceptors (Lipinski definition) is 6. The molecule has 3 heterocycles. The van der Waals surface area contributed by atoms with Crippen LogP contribution in [0.1, 0.15) is 12.1 Å². The molecule has 102 valence electrons. The highest BCUT2D eigenvalue weighted by atomic mass is 127. The number of fused-ring (bicyclic) bond motifs is 1. The standard InChI is InChI=1S/C11H13IN4O3/c1-5-13-2-6-10(15-5)16(4-14-6)11-9(18)8(12)7(3-17)19-11/h2,4,7-9,11,17-18H,3H2,1H3/t7-,8+,9?,11-/m1/s1. The molecule has 7 nitrogen and oxygen atoms in total. The van der Waals surface area contributed by atoms with Crippen molar-refractivity contribution in [3.05, 3.63) is 18.3 Å². The van der Waals surface area contributed by atoms with Crippen LogP contribution in [0.15, 0.2) is 12.5 Å². The van der Waals surface area contributed by atoms with E-state index in [9.17, 15) is 10.2 Å². The third-order valence-corrected chi connectivity index (χ3v) is 4.72. The van der Waals surface area contributed by atoms with Gasteiger partial charge >= 0.3 is 0 Å². The summed E-state index contributed by atoms with van der Waals surface area (Å²) in [6.45, 7) is 1.67. The lowest BCUT2D eigenvalue weighted by Gasteiger charge is -2.16. The zero-order valence-electron chi connectivity index (χ0n) is 10.1. The molecule has 0 radical (unpaired) electrons. The van der Waals surface area contributed by atoms with Crippen LogP contribution < -0.4 is 0 Å². The number of rotatable bonds is 2. The van der Waals surface area contributed by atoms with Gasteiger partial charge in [0.15, 0.2) is 11.9 Å². The first-order chi connectivity index (χ1) is 9.11. The Morgan fingerprint density at radius 1 is 1.47 bits per heavy atom. The summed E-state index contributed by atoms with van der Waals surface area (Å²) < 4.78 is 7.20. The summed E-state index contributed by atoms with van der Waals surface area (Å²) in [6, 6.07) is 0. The molecule has 1 unspecified atom stereocenters. The Bertz CT molecular complexity index is 605. The second kappa shape index (κ2) is 4.93. The van der Waals surface area contributed by atoms with Crippen molar-refractivity contribution < 1.29 is 14.9 Å². The zero-order valence-corrected chi connectivity index (χ0v) is 12.3. The third kappa shape index (κ3) is 2.12. The number of aliphatic hydroxyl groups excluding tert-OH is 2. The van der Waals surface area contributed by atoms with Crippen molar-refractivity contribution in [2.24, 2.45) is 0 Å². The van der Waals surface area contributed by atoms with Gasteiger partial charge in [-0.25, -0.2) is 15.0 Å². The number of nitrogens with zero attached hydrogens (tertiary/aromatic N) is 4. The molecular formula is C11H13IN4O3. The molecule has 0 amide bonds. The molecule has 2 aromatic rings. The maximum atomic E-state index is 10.2. The molecule has 1 saturated heterocycles. The fraction of sp³-hybridized carbons (Fsp3) is 0.545. The van der Waals surface area contributed by atoms with Gasteiger partial charge in [-0.15, -0.1) is 0 Å². The topological polar surface area (TPSA) is 93.3 Å². The molecule has 4 atom stereocenters. The van der Waals surface area contributed by atoms with Gasteiger partial charge in [-0.3, -0.25) is 4.57 Å². The van der Waals surface area contributed by atoms with E-state index >= 15 is 0 Å². The second-order valence-corrected chi connectivity index (χ2v) is 5.90. The normalized spacial score (nSPS) is 31.2. The van der Waals surface area contributed by atoms with Crippen LogP contribution in [-0.2, 0) is 4.74 Å². The van der Waals surface area contributed by atoms with Crippen LogP contribution in [-0.4, -0.2) is 52.5 Å². The number of alkyl halides is 1. The van der Waals surface area contributed by atoms with Gasteiger partial charge in [0.05, 0.1) is 29.2 Å². The van der Waals surface area contributed by atoms with E-state index in [1.54, 1.807) is 24.0 Å². The second-order valence-electron chi connectivity index (χ2n) is 4.46. The first-order valence-electron chi connectivity index (χ1n) is 5.86. The van der Waals surface area contributed by atoms with Gasteiger partial charge in [0, 0.05) is 0 Å². The average molecular weight is 376 g/mol. The molecule has 0 saturated carbocycles. The summed E-state index contributed by atoms with van der Waals surface area (Å²) in [6.07, 6.45) is 1.53. The third-order valence-electron chi connectivity index (χ3n) is 3.18. The molecule has 1 aliphatic rings. The van der Waals surface area contributed by atoms with Gasteiger partial charge in [0.2, 0.25) is 0 Å². The number of halogens is 1. The Morgan fingerprint density at radius 2 is 2.26 bits per heavy atom. The quantitative estimate of drug-likeness (QED) is 0.574. The van der Waals surface area contributed by atoms with Crippen molar-refractivity contribution >= 4 is 33.8 Å². The van der Waals surface area contributed by atoms with E-state index < -0.39 is 12.3 Å². The predicted octanol–water partition coefficient (Wildman–Crippen LogP) is 0.189. The molecular weight excluding hydrogens is 363 g/mol. The number of aryl methyl sites for hydroxylation is 1. The number of hydrogen-bond donors (Lipinski definition) is 2. The summed E-state index contributed by atoms with van der Waals surface area (Å²) in [7, 11) is 0. The Kier molecular flexibility index (Phi) is 3.41. The van der Waals surface area contributed by atoms with Crippen molar-refractivity contribution in [2.75, 3.05) is 6.61 Å². The van der Waals surface area contributed by atoms with Crippen LogP contribution in [0.3, 0.4) is 0 Å². The molecule has 0 bridgehead atoms. The maximum absolute atomic E-state index is 10.2. The highest BCUT2D eigenvalue weighted by Crippen LogP contribution is 2.35. The first-order valence-corrected chi connectivity index (χ1v) is 7.11. The van der Waals surface area contributed by atoms with Crippen molar-refractivity contribution in [2.45, 2.75) is 29.3 Å². The van der Waals surface area contributed by atoms with Crippen LogP contribution in [0.5, 0.6) is 0 Å². The molecule has 0 aliphatic carbocycles. The van der Waals surface area contributed by atoms with Gasteiger partial charge in [0.1, 0.15) is 17.4 Å². The molecule has 0 spiro atoms. The van der Waals surface area contributed by atoms with Gasteiger partial charge in [-0.05, 0) is 6.92 Å². The minimum atomic E-state index is -0.717. The lowest BCUT2D eigenvalue weighted by molar-refractivity contribution is -0.0486. The molecule has 0 aromatic carbocycles. The highest BCUT2D eigenvalue weighted by molar-refractivity contribution is 14.1. The fourth-order valence-electron chi connectivity index (χ4n) is 2.18.